The van der Waals surface area contributed by atoms with Crippen molar-refractivity contribution < 1.29 is 18.3 Å². The fraction of sp³-hybridized carbons (Fsp3) is 0.158. The highest BCUT2D eigenvalue weighted by Gasteiger charge is 2.08. The summed E-state index contributed by atoms with van der Waals surface area (Å²) in [6.45, 7) is 0.612. The van der Waals surface area contributed by atoms with Gasteiger partial charge in [-0.2, -0.15) is 0 Å². The minimum Gasteiger partial charge on any atom is -0.493 e. The van der Waals surface area contributed by atoms with E-state index in [4.69, 9.17) is 20.3 Å². The zero-order valence-electron chi connectivity index (χ0n) is 13.7. The van der Waals surface area contributed by atoms with E-state index in [1.165, 1.54) is 36.0 Å². The molecular weight excluding hydrogens is 355 g/mol. The van der Waals surface area contributed by atoms with Gasteiger partial charge in [-0.1, -0.05) is 17.7 Å². The van der Waals surface area contributed by atoms with E-state index in [2.05, 4.69) is 16.1 Å². The maximum atomic E-state index is 12.8. The highest BCUT2D eigenvalue weighted by Crippen LogP contribution is 2.19. The van der Waals surface area contributed by atoms with Gasteiger partial charge in [0, 0.05) is 11.3 Å². The van der Waals surface area contributed by atoms with E-state index in [-0.39, 0.29) is 12.4 Å². The lowest BCUT2D eigenvalue weighted by molar-refractivity contribution is 0.251. The molecule has 0 aliphatic heterocycles. The Morgan fingerprint density at radius 2 is 1.69 bits per heavy atom. The van der Waals surface area contributed by atoms with E-state index in [9.17, 15) is 4.39 Å². The zero-order valence-corrected chi connectivity index (χ0v) is 14.5. The van der Waals surface area contributed by atoms with Crippen LogP contribution in [0.25, 0.3) is 0 Å². The molecule has 1 aromatic heterocycles. The summed E-state index contributed by atoms with van der Waals surface area (Å²) in [7, 11) is 0. The number of benzene rings is 2. The molecule has 3 rings (SSSR count). The second kappa shape index (κ2) is 8.92. The van der Waals surface area contributed by atoms with E-state index >= 15 is 0 Å². The summed E-state index contributed by atoms with van der Waals surface area (Å²) in [5.74, 6) is 4.52. The zero-order chi connectivity index (χ0) is 18.2. The third kappa shape index (κ3) is 5.26. The Morgan fingerprint density at radius 3 is 2.42 bits per heavy atom. The van der Waals surface area contributed by atoms with Crippen molar-refractivity contribution in [3.8, 4) is 23.8 Å². The molecule has 0 amide bonds. The summed E-state index contributed by atoms with van der Waals surface area (Å²) in [6.07, 6.45) is 5.31. The Hall–Kier alpha value is -2.98. The molecule has 0 unspecified atom stereocenters. The van der Waals surface area contributed by atoms with Crippen LogP contribution in [-0.4, -0.2) is 22.6 Å². The van der Waals surface area contributed by atoms with Crippen molar-refractivity contribution >= 4 is 11.8 Å². The number of terminal acetylenes is 1. The van der Waals surface area contributed by atoms with Gasteiger partial charge in [-0.05, 0) is 48.5 Å². The van der Waals surface area contributed by atoms with Crippen molar-refractivity contribution in [2.24, 2.45) is 0 Å². The van der Waals surface area contributed by atoms with Gasteiger partial charge in [0.25, 0.3) is 11.1 Å². The molecule has 0 aliphatic carbocycles. The Labute approximate surface area is 154 Å². The van der Waals surface area contributed by atoms with Crippen molar-refractivity contribution in [1.29, 1.82) is 0 Å². The molecule has 0 saturated heterocycles. The van der Waals surface area contributed by atoms with Crippen molar-refractivity contribution in [2.45, 2.75) is 11.8 Å². The summed E-state index contributed by atoms with van der Waals surface area (Å²) in [6, 6.07) is 13.0. The number of ether oxygens (including phenoxy) is 2. The van der Waals surface area contributed by atoms with Crippen LogP contribution in [-0.2, 0) is 6.61 Å². The van der Waals surface area contributed by atoms with Gasteiger partial charge in [-0.3, -0.25) is 0 Å². The van der Waals surface area contributed by atoms with Gasteiger partial charge in [0.1, 0.15) is 17.3 Å². The first-order chi connectivity index (χ1) is 12.7. The molecule has 0 fully saturated rings. The van der Waals surface area contributed by atoms with Crippen LogP contribution in [0.5, 0.6) is 11.5 Å². The van der Waals surface area contributed by atoms with Crippen LogP contribution in [0.15, 0.2) is 58.2 Å². The highest BCUT2D eigenvalue weighted by atomic mass is 32.2. The van der Waals surface area contributed by atoms with E-state index in [0.717, 1.165) is 11.3 Å². The Bertz CT molecular complexity index is 873. The average Bonchev–Trinajstić information content (AvgIpc) is 3.13. The molecule has 7 heteroatoms. The molecular formula is C19H15FN2O3S. The van der Waals surface area contributed by atoms with Crippen LogP contribution in [0.2, 0.25) is 0 Å². The lowest BCUT2D eigenvalue weighted by atomic mass is 10.2. The third-order valence-electron chi connectivity index (χ3n) is 3.22. The third-order valence-corrected chi connectivity index (χ3v) is 4.01. The predicted octanol–water partition coefficient (Wildman–Crippen LogP) is 3.94. The van der Waals surface area contributed by atoms with Gasteiger partial charge in [0.15, 0.2) is 6.61 Å². The van der Waals surface area contributed by atoms with Crippen molar-refractivity contribution in [1.82, 2.24) is 10.2 Å². The molecule has 3 aromatic rings. The molecule has 0 atom stereocenters. The molecule has 2 aromatic carbocycles. The SMILES string of the molecule is C#Cc1ccc(OCCSc2nnc(COc3ccc(F)cc3)o2)cc1. The molecule has 5 nitrogen and oxygen atoms in total. The Balaban J connectivity index is 1.39. The topological polar surface area (TPSA) is 57.4 Å². The fourth-order valence-electron chi connectivity index (χ4n) is 1.97. The number of hydrogen-bond donors (Lipinski definition) is 0. The number of hydrogen-bond acceptors (Lipinski definition) is 6. The van der Waals surface area contributed by atoms with Crippen LogP contribution >= 0.6 is 11.8 Å². The summed E-state index contributed by atoms with van der Waals surface area (Å²) < 4.78 is 29.4. The lowest BCUT2D eigenvalue weighted by Gasteiger charge is -2.04. The molecule has 132 valence electrons. The van der Waals surface area contributed by atoms with Crippen LogP contribution in [0.3, 0.4) is 0 Å². The summed E-state index contributed by atoms with van der Waals surface area (Å²) in [4.78, 5) is 0. The summed E-state index contributed by atoms with van der Waals surface area (Å²) >= 11 is 1.39. The second-order valence-corrected chi connectivity index (χ2v) is 6.12. The maximum absolute atomic E-state index is 12.8. The quantitative estimate of drug-likeness (QED) is 0.340. The molecule has 0 saturated carbocycles. The van der Waals surface area contributed by atoms with Crippen LogP contribution in [0, 0.1) is 18.2 Å². The van der Waals surface area contributed by atoms with Gasteiger partial charge < -0.3 is 13.9 Å². The van der Waals surface area contributed by atoms with Crippen LogP contribution < -0.4 is 9.47 Å². The summed E-state index contributed by atoms with van der Waals surface area (Å²) in [5, 5.41) is 8.29. The van der Waals surface area contributed by atoms with E-state index in [1.807, 2.05) is 24.3 Å². The van der Waals surface area contributed by atoms with Gasteiger partial charge >= 0.3 is 0 Å². The Kier molecular flexibility index (Phi) is 6.12. The molecule has 26 heavy (non-hydrogen) atoms. The number of aromatic nitrogens is 2. The monoisotopic (exact) mass is 370 g/mol. The average molecular weight is 370 g/mol. The smallest absolute Gasteiger partial charge is 0.276 e. The first-order valence-corrected chi connectivity index (χ1v) is 8.74. The highest BCUT2D eigenvalue weighted by molar-refractivity contribution is 7.99. The maximum Gasteiger partial charge on any atom is 0.276 e. The van der Waals surface area contributed by atoms with Crippen LogP contribution in [0.4, 0.5) is 4.39 Å². The minimum absolute atomic E-state index is 0.122. The number of thioether (sulfide) groups is 1. The van der Waals surface area contributed by atoms with E-state index in [0.29, 0.717) is 29.2 Å². The first kappa shape index (κ1) is 17.8. The second-order valence-electron chi connectivity index (χ2n) is 5.07. The van der Waals surface area contributed by atoms with Gasteiger partial charge in [0.2, 0.25) is 0 Å². The molecule has 0 spiro atoms. The molecule has 1 heterocycles. The van der Waals surface area contributed by atoms with E-state index in [1.54, 1.807) is 0 Å². The normalized spacial score (nSPS) is 10.3. The van der Waals surface area contributed by atoms with Crippen LogP contribution in [0.1, 0.15) is 11.5 Å². The number of nitrogens with zero attached hydrogens (tertiary/aromatic N) is 2. The predicted molar refractivity (Wildman–Crippen MR) is 95.6 cm³/mol. The largest absolute Gasteiger partial charge is 0.493 e. The Morgan fingerprint density at radius 1 is 1.00 bits per heavy atom. The minimum atomic E-state index is -0.317. The molecule has 0 aliphatic rings. The van der Waals surface area contributed by atoms with E-state index < -0.39 is 0 Å². The van der Waals surface area contributed by atoms with Crippen molar-refractivity contribution in [2.75, 3.05) is 12.4 Å². The van der Waals surface area contributed by atoms with Gasteiger partial charge in [-0.25, -0.2) is 4.39 Å². The first-order valence-electron chi connectivity index (χ1n) is 7.76. The lowest BCUT2D eigenvalue weighted by Crippen LogP contribution is -1.99. The van der Waals surface area contributed by atoms with Gasteiger partial charge in [0.05, 0.1) is 6.61 Å². The summed E-state index contributed by atoms with van der Waals surface area (Å²) in [5.41, 5.74) is 0.813. The molecule has 0 N–H and O–H groups in total. The standard InChI is InChI=1S/C19H15FN2O3S/c1-2-14-3-7-16(8-4-14)23-11-12-26-19-22-21-18(25-19)13-24-17-9-5-15(20)6-10-17/h1,3-10H,11-13H2. The van der Waals surface area contributed by atoms with Crippen molar-refractivity contribution in [3.05, 3.63) is 65.8 Å². The van der Waals surface area contributed by atoms with Crippen molar-refractivity contribution in [3.63, 3.8) is 0 Å². The fourth-order valence-corrected chi connectivity index (χ4v) is 2.56. The number of halogens is 1. The molecule has 0 bridgehead atoms. The number of rotatable bonds is 8. The van der Waals surface area contributed by atoms with Gasteiger partial charge in [-0.15, -0.1) is 16.6 Å². The molecule has 0 radical (unpaired) electrons.